The highest BCUT2D eigenvalue weighted by Gasteiger charge is 2.37. The Balaban J connectivity index is 1.44. The van der Waals surface area contributed by atoms with Gasteiger partial charge in [0.1, 0.15) is 12.4 Å². The third kappa shape index (κ3) is 6.67. The molecule has 12 heteroatoms. The zero-order valence-corrected chi connectivity index (χ0v) is 20.5. The second-order valence-corrected chi connectivity index (χ2v) is 8.84. The second kappa shape index (κ2) is 11.6. The Morgan fingerprint density at radius 1 is 1.14 bits per heavy atom. The molecule has 0 unspecified atom stereocenters. The lowest BCUT2D eigenvalue weighted by atomic mass is 10.2. The normalized spacial score (nSPS) is 16.9. The molecule has 2 atom stereocenters. The minimum atomic E-state index is -0.500. The summed E-state index contributed by atoms with van der Waals surface area (Å²) in [5.41, 5.74) is 1.19. The minimum Gasteiger partial charge on any atom is -0.369 e. The van der Waals surface area contributed by atoms with Crippen LogP contribution in [0.25, 0.3) is 0 Å². The number of hydrogen-bond donors (Lipinski definition) is 2. The van der Waals surface area contributed by atoms with Gasteiger partial charge in [0.15, 0.2) is 0 Å². The predicted molar refractivity (Wildman–Crippen MR) is 133 cm³/mol. The molecule has 1 aliphatic heterocycles. The van der Waals surface area contributed by atoms with Crippen molar-refractivity contribution in [1.29, 1.82) is 0 Å². The third-order valence-electron chi connectivity index (χ3n) is 5.92. The monoisotopic (exact) mass is 509 g/mol. The zero-order valence-electron chi connectivity index (χ0n) is 20.5. The topological polar surface area (TPSA) is 122 Å². The number of carbonyl (C=O) groups is 3. The Bertz CT molecular complexity index is 1250. The fraction of sp³-hybridized carbons (Fsp3) is 0.320. The van der Waals surface area contributed by atoms with E-state index in [-0.39, 0.29) is 42.8 Å². The van der Waals surface area contributed by atoms with Crippen LogP contribution >= 0.6 is 0 Å². The quantitative estimate of drug-likeness (QED) is 0.482. The molecule has 1 fully saturated rings. The predicted octanol–water partition coefficient (Wildman–Crippen LogP) is 2.62. The maximum atomic E-state index is 13.5. The maximum Gasteiger partial charge on any atom is 0.322 e. The second-order valence-electron chi connectivity index (χ2n) is 8.84. The largest absolute Gasteiger partial charge is 0.369 e. The number of carbonyl (C=O) groups excluding carboxylic acids is 3. The molecule has 0 radical (unpaired) electrons. The van der Waals surface area contributed by atoms with Gasteiger partial charge in [-0.3, -0.25) is 19.3 Å². The van der Waals surface area contributed by atoms with E-state index in [0.717, 1.165) is 6.07 Å². The lowest BCUT2D eigenvalue weighted by molar-refractivity contribution is -0.133. The number of likely N-dealkylation sites (N-methyl/N-ethyl adjacent to an activating group) is 1. The van der Waals surface area contributed by atoms with Crippen LogP contribution in [0.1, 0.15) is 22.8 Å². The van der Waals surface area contributed by atoms with Gasteiger partial charge in [-0.15, -0.1) is 0 Å². The van der Waals surface area contributed by atoms with Crippen LogP contribution in [0, 0.1) is 5.82 Å². The molecule has 1 aromatic carbocycles. The van der Waals surface area contributed by atoms with Gasteiger partial charge >= 0.3 is 6.03 Å². The zero-order chi connectivity index (χ0) is 26.4. The summed E-state index contributed by atoms with van der Waals surface area (Å²) < 4.78 is 20.8. The number of halogens is 1. The van der Waals surface area contributed by atoms with Gasteiger partial charge in [0.2, 0.25) is 5.91 Å². The summed E-state index contributed by atoms with van der Waals surface area (Å²) >= 11 is 0. The van der Waals surface area contributed by atoms with Crippen molar-refractivity contribution in [3.63, 3.8) is 0 Å². The number of nitrogens with one attached hydrogen (secondary N) is 2. The number of anilines is 2. The molecule has 4 rings (SSSR count). The van der Waals surface area contributed by atoms with Gasteiger partial charge in [-0.05, 0) is 36.8 Å². The van der Waals surface area contributed by atoms with E-state index in [2.05, 4.69) is 20.7 Å². The van der Waals surface area contributed by atoms with Crippen molar-refractivity contribution in [3.05, 3.63) is 72.6 Å². The van der Waals surface area contributed by atoms with E-state index in [4.69, 9.17) is 4.74 Å². The van der Waals surface area contributed by atoms with E-state index in [0.29, 0.717) is 24.3 Å². The summed E-state index contributed by atoms with van der Waals surface area (Å²) in [7, 11) is 3.29. The van der Waals surface area contributed by atoms with Crippen molar-refractivity contribution in [2.24, 2.45) is 0 Å². The summed E-state index contributed by atoms with van der Waals surface area (Å²) in [4.78, 5) is 44.5. The highest BCUT2D eigenvalue weighted by Crippen LogP contribution is 2.29. The summed E-state index contributed by atoms with van der Waals surface area (Å²) in [6.45, 7) is 0.409. The lowest BCUT2D eigenvalue weighted by Gasteiger charge is -2.24. The molecule has 3 aromatic rings. The van der Waals surface area contributed by atoms with E-state index in [9.17, 15) is 18.8 Å². The molecular weight excluding hydrogens is 481 g/mol. The SMILES string of the molecule is CN(C)C(=O)COC[C@@H]1C[C@H](n2cc(NC(=O)c3cccc(F)c3)cn2)CN1C(=O)Nc1cccnc1. The number of pyridine rings is 1. The molecule has 4 amide bonds. The molecular formula is C25H28FN7O4. The fourth-order valence-electron chi connectivity index (χ4n) is 3.97. The van der Waals surface area contributed by atoms with Crippen molar-refractivity contribution < 1.29 is 23.5 Å². The molecule has 1 saturated heterocycles. The van der Waals surface area contributed by atoms with Gasteiger partial charge < -0.3 is 25.2 Å². The minimum absolute atomic E-state index is 0.0930. The van der Waals surface area contributed by atoms with Crippen molar-refractivity contribution in [1.82, 2.24) is 24.6 Å². The van der Waals surface area contributed by atoms with Crippen LogP contribution in [-0.2, 0) is 9.53 Å². The van der Waals surface area contributed by atoms with Crippen molar-refractivity contribution in [3.8, 4) is 0 Å². The van der Waals surface area contributed by atoms with Gasteiger partial charge in [-0.25, -0.2) is 9.18 Å². The van der Waals surface area contributed by atoms with E-state index in [1.807, 2.05) is 0 Å². The van der Waals surface area contributed by atoms with Crippen molar-refractivity contribution in [2.75, 3.05) is 44.5 Å². The van der Waals surface area contributed by atoms with Crippen LogP contribution in [0.2, 0.25) is 0 Å². The maximum absolute atomic E-state index is 13.5. The van der Waals surface area contributed by atoms with Crippen molar-refractivity contribution in [2.45, 2.75) is 18.5 Å². The number of benzene rings is 1. The first kappa shape index (κ1) is 25.8. The Kier molecular flexibility index (Phi) is 8.08. The van der Waals surface area contributed by atoms with Gasteiger partial charge in [-0.1, -0.05) is 6.07 Å². The lowest BCUT2D eigenvalue weighted by Crippen LogP contribution is -2.41. The number of rotatable bonds is 8. The fourth-order valence-corrected chi connectivity index (χ4v) is 3.97. The molecule has 2 aromatic heterocycles. The highest BCUT2D eigenvalue weighted by molar-refractivity contribution is 6.04. The summed E-state index contributed by atoms with van der Waals surface area (Å²) in [6.07, 6.45) is 6.85. The summed E-state index contributed by atoms with van der Waals surface area (Å²) in [6, 6.07) is 8.03. The molecule has 2 N–H and O–H groups in total. The van der Waals surface area contributed by atoms with E-state index in [1.165, 1.54) is 29.3 Å². The highest BCUT2D eigenvalue weighted by atomic mass is 19.1. The molecule has 194 valence electrons. The molecule has 37 heavy (non-hydrogen) atoms. The Morgan fingerprint density at radius 3 is 2.70 bits per heavy atom. The standard InChI is InChI=1S/C25H28FN7O4/c1-31(2)23(34)16-37-15-22-10-21(14-32(22)25(36)30-19-7-4-8-27-11-19)33-13-20(12-28-33)29-24(35)17-5-3-6-18(26)9-17/h3-9,11-13,21-22H,10,14-16H2,1-2H3,(H,29,35)(H,30,36)/t21-,22-/m0/s1. The van der Waals surface area contributed by atoms with Crippen LogP contribution in [0.4, 0.5) is 20.6 Å². The first-order valence-corrected chi connectivity index (χ1v) is 11.7. The molecule has 0 aliphatic carbocycles. The van der Waals surface area contributed by atoms with Gasteiger partial charge in [0, 0.05) is 38.6 Å². The van der Waals surface area contributed by atoms with Gasteiger partial charge in [0.25, 0.3) is 5.91 Å². The number of likely N-dealkylation sites (tertiary alicyclic amines) is 1. The van der Waals surface area contributed by atoms with Crippen LogP contribution in [0.3, 0.4) is 0 Å². The van der Waals surface area contributed by atoms with E-state index < -0.39 is 11.7 Å². The number of urea groups is 1. The van der Waals surface area contributed by atoms with Crippen LogP contribution in [0.15, 0.2) is 61.2 Å². The van der Waals surface area contributed by atoms with Gasteiger partial charge in [0.05, 0.1) is 42.5 Å². The summed E-state index contributed by atoms with van der Waals surface area (Å²) in [5.74, 6) is -1.13. The Labute approximate surface area is 213 Å². The number of ether oxygens (including phenoxy) is 1. The van der Waals surface area contributed by atoms with Gasteiger partial charge in [-0.2, -0.15) is 5.10 Å². The van der Waals surface area contributed by atoms with E-state index >= 15 is 0 Å². The average Bonchev–Trinajstić information content (AvgIpc) is 3.52. The molecule has 0 saturated carbocycles. The number of amides is 4. The first-order chi connectivity index (χ1) is 17.8. The molecule has 0 bridgehead atoms. The number of aromatic nitrogens is 3. The Morgan fingerprint density at radius 2 is 1.97 bits per heavy atom. The molecule has 1 aliphatic rings. The average molecular weight is 510 g/mol. The van der Waals surface area contributed by atoms with E-state index in [1.54, 1.807) is 54.4 Å². The molecule has 0 spiro atoms. The van der Waals surface area contributed by atoms with Crippen LogP contribution in [0.5, 0.6) is 0 Å². The molecule has 11 nitrogen and oxygen atoms in total. The number of nitrogens with zero attached hydrogens (tertiary/aromatic N) is 5. The third-order valence-corrected chi connectivity index (χ3v) is 5.92. The smallest absolute Gasteiger partial charge is 0.322 e. The number of hydrogen-bond acceptors (Lipinski definition) is 6. The Hall–Kier alpha value is -4.32. The van der Waals surface area contributed by atoms with Crippen LogP contribution < -0.4 is 10.6 Å². The van der Waals surface area contributed by atoms with Crippen LogP contribution in [-0.4, -0.2) is 82.3 Å². The first-order valence-electron chi connectivity index (χ1n) is 11.7. The molecule has 3 heterocycles. The summed E-state index contributed by atoms with van der Waals surface area (Å²) in [5, 5.41) is 9.91. The van der Waals surface area contributed by atoms with Crippen molar-refractivity contribution >= 4 is 29.2 Å².